The highest BCUT2D eigenvalue weighted by Gasteiger charge is 2.19. The van der Waals surface area contributed by atoms with E-state index in [-0.39, 0.29) is 0 Å². The summed E-state index contributed by atoms with van der Waals surface area (Å²) in [6.45, 7) is 4.41. The maximum atomic E-state index is 5.48. The monoisotopic (exact) mass is 246 g/mol. The molecule has 3 nitrogen and oxygen atoms in total. The maximum Gasteiger partial charge on any atom is 0.0698 e. The van der Waals surface area contributed by atoms with E-state index in [1.165, 1.54) is 42.6 Å². The molecule has 98 valence electrons. The Kier molecular flexibility index (Phi) is 3.52. The molecule has 1 saturated heterocycles. The number of piperidine rings is 1. The average molecular weight is 246 g/mol. The first kappa shape index (κ1) is 12.0. The summed E-state index contributed by atoms with van der Waals surface area (Å²) in [6, 6.07) is 6.88. The summed E-state index contributed by atoms with van der Waals surface area (Å²) in [7, 11) is 1.83. The molecule has 1 aromatic carbocycles. The fourth-order valence-corrected chi connectivity index (χ4v) is 3.04. The van der Waals surface area contributed by atoms with Crippen molar-refractivity contribution in [2.24, 2.45) is 0 Å². The topological polar surface area (TPSA) is 24.5 Å². The largest absolute Gasteiger partial charge is 0.384 e. The number of ether oxygens (including phenoxy) is 1. The van der Waals surface area contributed by atoms with Crippen molar-refractivity contribution in [1.82, 2.24) is 4.90 Å². The highest BCUT2D eigenvalue weighted by molar-refractivity contribution is 5.57. The first-order valence-electron chi connectivity index (χ1n) is 6.96. The summed E-state index contributed by atoms with van der Waals surface area (Å²) < 4.78 is 5.48. The van der Waals surface area contributed by atoms with Crippen molar-refractivity contribution in [3.63, 3.8) is 0 Å². The van der Waals surface area contributed by atoms with Crippen LogP contribution in [0, 0.1) is 0 Å². The van der Waals surface area contributed by atoms with E-state index in [0.29, 0.717) is 6.10 Å². The van der Waals surface area contributed by atoms with Gasteiger partial charge in [-0.15, -0.1) is 0 Å². The van der Waals surface area contributed by atoms with E-state index in [9.17, 15) is 0 Å². The molecule has 1 unspecified atom stereocenters. The minimum Gasteiger partial charge on any atom is -0.384 e. The molecule has 1 N–H and O–H groups in total. The van der Waals surface area contributed by atoms with Crippen LogP contribution < -0.4 is 5.32 Å². The van der Waals surface area contributed by atoms with E-state index < -0.39 is 0 Å². The molecular formula is C15H22N2O. The molecule has 3 rings (SSSR count). The smallest absolute Gasteiger partial charge is 0.0698 e. The van der Waals surface area contributed by atoms with Gasteiger partial charge in [-0.3, -0.25) is 4.90 Å². The molecule has 2 aliphatic rings. The van der Waals surface area contributed by atoms with Gasteiger partial charge in [-0.2, -0.15) is 0 Å². The number of methoxy groups -OCH3 is 1. The van der Waals surface area contributed by atoms with Crippen LogP contribution in [0.4, 0.5) is 5.69 Å². The number of fused-ring (bicyclic) bond motifs is 1. The molecule has 0 amide bonds. The van der Waals surface area contributed by atoms with Crippen molar-refractivity contribution >= 4 is 5.69 Å². The molecule has 0 radical (unpaired) electrons. The lowest BCUT2D eigenvalue weighted by Crippen LogP contribution is -2.38. The van der Waals surface area contributed by atoms with Crippen LogP contribution in [-0.2, 0) is 17.7 Å². The Labute approximate surface area is 109 Å². The number of nitrogens with one attached hydrogen (secondary N) is 1. The zero-order valence-electron chi connectivity index (χ0n) is 11.1. The number of hydrogen-bond acceptors (Lipinski definition) is 3. The predicted molar refractivity (Wildman–Crippen MR) is 73.9 cm³/mol. The van der Waals surface area contributed by atoms with Crippen LogP contribution in [-0.4, -0.2) is 37.7 Å². The highest BCUT2D eigenvalue weighted by atomic mass is 16.5. The van der Waals surface area contributed by atoms with E-state index in [2.05, 4.69) is 28.4 Å². The molecule has 3 heteroatoms. The molecule has 0 spiro atoms. The molecule has 2 heterocycles. The van der Waals surface area contributed by atoms with Crippen molar-refractivity contribution in [2.75, 3.05) is 32.1 Å². The Morgan fingerprint density at radius 3 is 3.28 bits per heavy atom. The summed E-state index contributed by atoms with van der Waals surface area (Å²) in [6.07, 6.45) is 4.05. The quantitative estimate of drug-likeness (QED) is 0.885. The number of benzene rings is 1. The van der Waals surface area contributed by atoms with E-state index in [0.717, 1.165) is 19.6 Å². The van der Waals surface area contributed by atoms with Gasteiger partial charge in [0, 0.05) is 32.4 Å². The molecule has 1 atom stereocenters. The first-order valence-corrected chi connectivity index (χ1v) is 6.96. The standard InChI is InChI=1S/C15H22N2O/c1-18-14-3-2-8-17(11-14)10-12-4-5-13-6-7-16-15(13)9-12/h4-5,9,14,16H,2-3,6-8,10-11H2,1H3. The van der Waals surface area contributed by atoms with E-state index >= 15 is 0 Å². The maximum absolute atomic E-state index is 5.48. The van der Waals surface area contributed by atoms with Crippen LogP contribution in [0.25, 0.3) is 0 Å². The molecule has 18 heavy (non-hydrogen) atoms. The summed E-state index contributed by atoms with van der Waals surface area (Å²) in [5, 5.41) is 3.45. The Morgan fingerprint density at radius 2 is 2.39 bits per heavy atom. The Hall–Kier alpha value is -1.06. The molecular weight excluding hydrogens is 224 g/mol. The van der Waals surface area contributed by atoms with Gasteiger partial charge in [0.2, 0.25) is 0 Å². The highest BCUT2D eigenvalue weighted by Crippen LogP contribution is 2.24. The van der Waals surface area contributed by atoms with Gasteiger partial charge >= 0.3 is 0 Å². The third-order valence-corrected chi connectivity index (χ3v) is 4.09. The fraction of sp³-hybridized carbons (Fsp3) is 0.600. The number of rotatable bonds is 3. The van der Waals surface area contributed by atoms with Crippen LogP contribution in [0.15, 0.2) is 18.2 Å². The predicted octanol–water partition coefficient (Wildman–Crippen LogP) is 2.27. The van der Waals surface area contributed by atoms with Gasteiger partial charge in [0.15, 0.2) is 0 Å². The SMILES string of the molecule is COC1CCCN(Cc2ccc3c(c2)NCC3)C1. The lowest BCUT2D eigenvalue weighted by atomic mass is 10.1. The molecule has 0 aromatic heterocycles. The minimum absolute atomic E-state index is 0.423. The average Bonchev–Trinajstić information content (AvgIpc) is 2.86. The summed E-state index contributed by atoms with van der Waals surface area (Å²) in [5.74, 6) is 0. The van der Waals surface area contributed by atoms with Crippen molar-refractivity contribution in [3.8, 4) is 0 Å². The second-order valence-corrected chi connectivity index (χ2v) is 5.40. The zero-order chi connectivity index (χ0) is 12.4. The van der Waals surface area contributed by atoms with Crippen LogP contribution >= 0.6 is 0 Å². The van der Waals surface area contributed by atoms with Gasteiger partial charge < -0.3 is 10.1 Å². The van der Waals surface area contributed by atoms with Gasteiger partial charge in [-0.05, 0) is 43.0 Å². The number of hydrogen-bond donors (Lipinski definition) is 1. The summed E-state index contributed by atoms with van der Waals surface area (Å²) in [4.78, 5) is 2.51. The van der Waals surface area contributed by atoms with Crippen molar-refractivity contribution in [1.29, 1.82) is 0 Å². The van der Waals surface area contributed by atoms with Crippen molar-refractivity contribution in [2.45, 2.75) is 31.9 Å². The first-order chi connectivity index (χ1) is 8.85. The molecule has 0 saturated carbocycles. The van der Waals surface area contributed by atoms with Crippen molar-refractivity contribution in [3.05, 3.63) is 29.3 Å². The van der Waals surface area contributed by atoms with Gasteiger partial charge in [0.1, 0.15) is 0 Å². The second-order valence-electron chi connectivity index (χ2n) is 5.40. The third-order valence-electron chi connectivity index (χ3n) is 4.09. The second kappa shape index (κ2) is 5.29. The molecule has 2 aliphatic heterocycles. The van der Waals surface area contributed by atoms with Crippen LogP contribution in [0.2, 0.25) is 0 Å². The normalized spacial score (nSPS) is 23.7. The number of nitrogens with zero attached hydrogens (tertiary/aromatic N) is 1. The number of anilines is 1. The van der Waals surface area contributed by atoms with Crippen LogP contribution in [0.3, 0.4) is 0 Å². The Bertz CT molecular complexity index is 419. The van der Waals surface area contributed by atoms with Gasteiger partial charge in [-0.1, -0.05) is 12.1 Å². The van der Waals surface area contributed by atoms with Gasteiger partial charge in [0.05, 0.1) is 6.10 Å². The minimum atomic E-state index is 0.423. The van der Waals surface area contributed by atoms with Crippen LogP contribution in [0.1, 0.15) is 24.0 Å². The third kappa shape index (κ3) is 2.52. The lowest BCUT2D eigenvalue weighted by Gasteiger charge is -2.31. The van der Waals surface area contributed by atoms with Gasteiger partial charge in [0.25, 0.3) is 0 Å². The molecule has 0 bridgehead atoms. The fourth-order valence-electron chi connectivity index (χ4n) is 3.04. The summed E-state index contributed by atoms with van der Waals surface area (Å²) in [5.41, 5.74) is 4.22. The molecule has 0 aliphatic carbocycles. The zero-order valence-corrected chi connectivity index (χ0v) is 11.1. The van der Waals surface area contributed by atoms with Crippen molar-refractivity contribution < 1.29 is 4.74 Å². The van der Waals surface area contributed by atoms with E-state index in [4.69, 9.17) is 4.74 Å². The van der Waals surface area contributed by atoms with E-state index in [1.54, 1.807) is 0 Å². The molecule has 1 fully saturated rings. The summed E-state index contributed by atoms with van der Waals surface area (Å²) >= 11 is 0. The molecule has 1 aromatic rings. The Balaban J connectivity index is 1.65. The number of likely N-dealkylation sites (tertiary alicyclic amines) is 1. The van der Waals surface area contributed by atoms with Gasteiger partial charge in [-0.25, -0.2) is 0 Å². The Morgan fingerprint density at radius 1 is 1.44 bits per heavy atom. The lowest BCUT2D eigenvalue weighted by molar-refractivity contribution is 0.0285. The van der Waals surface area contributed by atoms with E-state index in [1.807, 2.05) is 7.11 Å². The van der Waals surface area contributed by atoms with Crippen LogP contribution in [0.5, 0.6) is 0 Å².